The molecule has 0 aliphatic heterocycles. The first-order valence-electron chi connectivity index (χ1n) is 5.25. The fraction of sp³-hybridized carbons (Fsp3) is 0.545. The number of methoxy groups -OCH3 is 1. The van der Waals surface area contributed by atoms with E-state index in [2.05, 4.69) is 4.37 Å². The van der Waals surface area contributed by atoms with E-state index in [9.17, 15) is 9.59 Å². The average molecular weight is 272 g/mol. The summed E-state index contributed by atoms with van der Waals surface area (Å²) in [6.07, 6.45) is 0. The molecule has 100 valence electrons. The van der Waals surface area contributed by atoms with E-state index in [1.807, 2.05) is 0 Å². The fourth-order valence-electron chi connectivity index (χ4n) is 1.42. The highest BCUT2D eigenvalue weighted by molar-refractivity contribution is 7.11. The normalized spacial score (nSPS) is 11.4. The standard InChI is InChI=1S/C11H16N2O4S/c1-6-7(9(14)15)8(18-12-6)13(4)10(16)11(2,3)17-5/h1-5H3,(H,14,15). The van der Waals surface area contributed by atoms with E-state index in [-0.39, 0.29) is 11.5 Å². The molecular formula is C11H16N2O4S. The number of ether oxygens (including phenoxy) is 1. The number of aromatic nitrogens is 1. The van der Waals surface area contributed by atoms with Gasteiger partial charge in [-0.25, -0.2) is 4.79 Å². The molecule has 0 saturated carbocycles. The molecule has 0 saturated heterocycles. The van der Waals surface area contributed by atoms with Gasteiger partial charge in [-0.2, -0.15) is 4.37 Å². The number of anilines is 1. The molecule has 0 aliphatic carbocycles. The lowest BCUT2D eigenvalue weighted by molar-refractivity contribution is -0.136. The molecule has 1 aromatic heterocycles. The van der Waals surface area contributed by atoms with E-state index in [1.54, 1.807) is 20.8 Å². The van der Waals surface area contributed by atoms with Gasteiger partial charge in [-0.3, -0.25) is 4.79 Å². The molecule has 0 fully saturated rings. The molecule has 0 spiro atoms. The van der Waals surface area contributed by atoms with Crippen molar-refractivity contribution in [2.24, 2.45) is 0 Å². The van der Waals surface area contributed by atoms with Crippen molar-refractivity contribution in [3.05, 3.63) is 11.3 Å². The van der Waals surface area contributed by atoms with E-state index < -0.39 is 11.6 Å². The van der Waals surface area contributed by atoms with Gasteiger partial charge in [-0.05, 0) is 32.3 Å². The largest absolute Gasteiger partial charge is 0.478 e. The Morgan fingerprint density at radius 2 is 2.00 bits per heavy atom. The summed E-state index contributed by atoms with van der Waals surface area (Å²) in [4.78, 5) is 24.6. The molecule has 1 rings (SSSR count). The summed E-state index contributed by atoms with van der Waals surface area (Å²) in [6.45, 7) is 4.85. The van der Waals surface area contributed by atoms with Crippen LogP contribution in [-0.4, -0.2) is 41.1 Å². The van der Waals surface area contributed by atoms with Crippen LogP contribution in [-0.2, 0) is 9.53 Å². The first kappa shape index (κ1) is 14.6. The maximum absolute atomic E-state index is 12.2. The zero-order valence-corrected chi connectivity index (χ0v) is 11.8. The van der Waals surface area contributed by atoms with Crippen LogP contribution in [0.15, 0.2) is 0 Å². The van der Waals surface area contributed by atoms with Gasteiger partial charge in [0, 0.05) is 14.2 Å². The van der Waals surface area contributed by atoms with E-state index in [0.717, 1.165) is 11.5 Å². The molecule has 6 nitrogen and oxygen atoms in total. The van der Waals surface area contributed by atoms with Crippen molar-refractivity contribution in [3.63, 3.8) is 0 Å². The Labute approximate surface area is 109 Å². The van der Waals surface area contributed by atoms with E-state index in [4.69, 9.17) is 9.84 Å². The van der Waals surface area contributed by atoms with Crippen LogP contribution in [0, 0.1) is 6.92 Å². The Balaban J connectivity index is 3.16. The van der Waals surface area contributed by atoms with Crippen LogP contribution in [0.1, 0.15) is 29.9 Å². The van der Waals surface area contributed by atoms with Gasteiger partial charge in [-0.15, -0.1) is 0 Å². The van der Waals surface area contributed by atoms with Gasteiger partial charge in [0.15, 0.2) is 0 Å². The molecule has 0 aliphatic rings. The second kappa shape index (κ2) is 5.03. The Kier molecular flexibility index (Phi) is 4.08. The number of hydrogen-bond acceptors (Lipinski definition) is 5. The van der Waals surface area contributed by atoms with Gasteiger partial charge in [0.1, 0.15) is 16.2 Å². The summed E-state index contributed by atoms with van der Waals surface area (Å²) in [5.41, 5.74) is -0.553. The van der Waals surface area contributed by atoms with Gasteiger partial charge in [0.2, 0.25) is 0 Å². The first-order chi connectivity index (χ1) is 8.22. The van der Waals surface area contributed by atoms with Crippen molar-refractivity contribution in [1.29, 1.82) is 0 Å². The van der Waals surface area contributed by atoms with Gasteiger partial charge >= 0.3 is 5.97 Å². The van der Waals surface area contributed by atoms with Crippen molar-refractivity contribution in [3.8, 4) is 0 Å². The number of carboxylic acids is 1. The van der Waals surface area contributed by atoms with Crippen LogP contribution in [0.4, 0.5) is 5.00 Å². The van der Waals surface area contributed by atoms with Crippen molar-refractivity contribution in [2.45, 2.75) is 26.4 Å². The van der Waals surface area contributed by atoms with E-state index in [1.165, 1.54) is 19.1 Å². The van der Waals surface area contributed by atoms with Gasteiger partial charge in [0.25, 0.3) is 5.91 Å². The summed E-state index contributed by atoms with van der Waals surface area (Å²) in [6, 6.07) is 0. The molecule has 1 amide bonds. The van der Waals surface area contributed by atoms with Crippen molar-refractivity contribution >= 4 is 28.4 Å². The number of rotatable bonds is 4. The summed E-state index contributed by atoms with van der Waals surface area (Å²) in [5.74, 6) is -1.41. The maximum Gasteiger partial charge on any atom is 0.340 e. The molecule has 1 N–H and O–H groups in total. The number of nitrogens with zero attached hydrogens (tertiary/aromatic N) is 2. The maximum atomic E-state index is 12.2. The summed E-state index contributed by atoms with van der Waals surface area (Å²) in [7, 11) is 2.95. The highest BCUT2D eigenvalue weighted by atomic mass is 32.1. The topological polar surface area (TPSA) is 79.7 Å². The molecule has 0 bridgehead atoms. The highest BCUT2D eigenvalue weighted by Gasteiger charge is 2.33. The van der Waals surface area contributed by atoms with Crippen molar-refractivity contribution in [2.75, 3.05) is 19.1 Å². The predicted molar refractivity (Wildman–Crippen MR) is 68.3 cm³/mol. The predicted octanol–water partition coefficient (Wildman–Crippen LogP) is 1.54. The minimum Gasteiger partial charge on any atom is -0.478 e. The Morgan fingerprint density at radius 3 is 2.44 bits per heavy atom. The van der Waals surface area contributed by atoms with Crippen LogP contribution < -0.4 is 4.90 Å². The number of aryl methyl sites for hydroxylation is 1. The third-order valence-corrected chi connectivity index (χ3v) is 3.71. The second-order valence-corrected chi connectivity index (χ2v) is 5.08. The fourth-order valence-corrected chi connectivity index (χ4v) is 2.26. The number of aromatic carboxylic acids is 1. The summed E-state index contributed by atoms with van der Waals surface area (Å²) >= 11 is 0.986. The number of amides is 1. The number of carboxylic acid groups (broad SMARTS) is 1. The smallest absolute Gasteiger partial charge is 0.340 e. The Hall–Kier alpha value is -1.47. The van der Waals surface area contributed by atoms with Crippen LogP contribution in [0.5, 0.6) is 0 Å². The summed E-state index contributed by atoms with van der Waals surface area (Å²) < 4.78 is 9.07. The van der Waals surface area contributed by atoms with Gasteiger partial charge in [0.05, 0.1) is 5.69 Å². The minimum absolute atomic E-state index is 0.0581. The number of carbonyl (C=O) groups excluding carboxylic acids is 1. The van der Waals surface area contributed by atoms with Gasteiger partial charge < -0.3 is 14.7 Å². The lowest BCUT2D eigenvalue weighted by Crippen LogP contribution is -2.44. The van der Waals surface area contributed by atoms with E-state index in [0.29, 0.717) is 10.7 Å². The molecular weight excluding hydrogens is 256 g/mol. The highest BCUT2D eigenvalue weighted by Crippen LogP contribution is 2.29. The minimum atomic E-state index is -1.09. The molecule has 18 heavy (non-hydrogen) atoms. The molecule has 0 radical (unpaired) electrons. The Morgan fingerprint density at radius 1 is 1.44 bits per heavy atom. The number of carbonyl (C=O) groups is 2. The molecule has 0 unspecified atom stereocenters. The SMILES string of the molecule is COC(C)(C)C(=O)N(C)c1snc(C)c1C(=O)O. The summed E-state index contributed by atoms with van der Waals surface area (Å²) in [5, 5.41) is 9.44. The zero-order chi connectivity index (χ0) is 14.1. The lowest BCUT2D eigenvalue weighted by atomic mass is 10.1. The average Bonchev–Trinajstić information content (AvgIpc) is 2.69. The molecule has 0 atom stereocenters. The quantitative estimate of drug-likeness (QED) is 0.899. The molecule has 1 heterocycles. The first-order valence-corrected chi connectivity index (χ1v) is 6.02. The zero-order valence-electron chi connectivity index (χ0n) is 11.0. The van der Waals surface area contributed by atoms with Crippen LogP contribution in [0.2, 0.25) is 0 Å². The molecule has 1 aromatic rings. The van der Waals surface area contributed by atoms with Gasteiger partial charge in [-0.1, -0.05) is 0 Å². The third kappa shape index (κ3) is 2.51. The van der Waals surface area contributed by atoms with E-state index >= 15 is 0 Å². The second-order valence-electron chi connectivity index (χ2n) is 4.33. The lowest BCUT2D eigenvalue weighted by Gasteiger charge is -2.27. The number of likely N-dealkylation sites (N-methyl/N-ethyl adjacent to an activating group) is 1. The Bertz CT molecular complexity index is 481. The third-order valence-electron chi connectivity index (χ3n) is 2.69. The van der Waals surface area contributed by atoms with Crippen molar-refractivity contribution in [1.82, 2.24) is 4.37 Å². The monoisotopic (exact) mass is 272 g/mol. The molecule has 0 aromatic carbocycles. The van der Waals surface area contributed by atoms with Crippen LogP contribution in [0.3, 0.4) is 0 Å². The van der Waals surface area contributed by atoms with Crippen LogP contribution >= 0.6 is 11.5 Å². The van der Waals surface area contributed by atoms with Crippen LogP contribution in [0.25, 0.3) is 0 Å². The number of hydrogen-bond donors (Lipinski definition) is 1. The van der Waals surface area contributed by atoms with Crippen molar-refractivity contribution < 1.29 is 19.4 Å². The molecule has 7 heteroatoms.